The lowest BCUT2D eigenvalue weighted by atomic mass is 9.96. The average Bonchev–Trinajstić information content (AvgIpc) is 2.88. The molecule has 1 aliphatic carbocycles. The molecule has 3 rings (SSSR count). The maximum atomic E-state index is 6.49. The Hall–Kier alpha value is -1.61. The van der Waals surface area contributed by atoms with Crippen LogP contribution in [0.15, 0.2) is 30.3 Å². The van der Waals surface area contributed by atoms with Gasteiger partial charge in [-0.1, -0.05) is 32.0 Å². The number of rotatable bonds is 2. The van der Waals surface area contributed by atoms with E-state index in [1.165, 1.54) is 0 Å². The van der Waals surface area contributed by atoms with Crippen LogP contribution in [0.3, 0.4) is 0 Å². The molecular formula is C15H18N2O. The summed E-state index contributed by atoms with van der Waals surface area (Å²) in [6.45, 7) is 4.36. The number of methoxy groups -OCH3 is 1. The number of pyridine rings is 1. The van der Waals surface area contributed by atoms with Crippen molar-refractivity contribution in [2.24, 2.45) is 11.1 Å². The van der Waals surface area contributed by atoms with Gasteiger partial charge in [0.25, 0.3) is 0 Å². The monoisotopic (exact) mass is 242 g/mol. The second-order valence-corrected chi connectivity index (χ2v) is 5.77. The summed E-state index contributed by atoms with van der Waals surface area (Å²) in [6, 6.07) is 10.2. The number of aromatic nitrogens is 1. The fraction of sp³-hybridized carbons (Fsp3) is 0.400. The van der Waals surface area contributed by atoms with Gasteiger partial charge in [0.2, 0.25) is 5.88 Å². The van der Waals surface area contributed by atoms with Crippen LogP contribution in [0.4, 0.5) is 0 Å². The maximum absolute atomic E-state index is 6.49. The van der Waals surface area contributed by atoms with Crippen LogP contribution in [0.25, 0.3) is 10.9 Å². The van der Waals surface area contributed by atoms with Gasteiger partial charge in [0, 0.05) is 10.9 Å². The predicted molar refractivity (Wildman–Crippen MR) is 72.6 cm³/mol. The molecule has 3 nitrogen and oxygen atoms in total. The minimum absolute atomic E-state index is 0.115. The molecule has 1 heterocycles. The van der Waals surface area contributed by atoms with Crippen molar-refractivity contribution in [3.05, 3.63) is 35.9 Å². The lowest BCUT2D eigenvalue weighted by molar-refractivity contribution is 0.381. The van der Waals surface area contributed by atoms with Gasteiger partial charge in [-0.2, -0.15) is 0 Å². The van der Waals surface area contributed by atoms with Crippen molar-refractivity contribution in [1.29, 1.82) is 0 Å². The largest absolute Gasteiger partial charge is 0.481 e. The van der Waals surface area contributed by atoms with Crippen molar-refractivity contribution in [3.63, 3.8) is 0 Å². The summed E-state index contributed by atoms with van der Waals surface area (Å²) in [6.07, 6.45) is 0.969. The molecule has 1 fully saturated rings. The summed E-state index contributed by atoms with van der Waals surface area (Å²) >= 11 is 0. The van der Waals surface area contributed by atoms with Gasteiger partial charge in [-0.3, -0.25) is 0 Å². The zero-order valence-electron chi connectivity index (χ0n) is 11.0. The number of para-hydroxylation sites is 1. The standard InChI is InChI=1S/C15H18N2O/c1-14(2)9-15(14,16)11-8-10-6-4-5-7-12(10)17-13(11)18-3/h4-8H,9,16H2,1-3H3. The Bertz CT molecular complexity index is 621. The molecule has 1 aromatic heterocycles. The molecule has 1 aliphatic rings. The van der Waals surface area contributed by atoms with Gasteiger partial charge in [-0.05, 0) is 24.0 Å². The van der Waals surface area contributed by atoms with Gasteiger partial charge >= 0.3 is 0 Å². The maximum Gasteiger partial charge on any atom is 0.218 e. The van der Waals surface area contributed by atoms with E-state index in [1.807, 2.05) is 18.2 Å². The first kappa shape index (κ1) is 11.5. The van der Waals surface area contributed by atoms with E-state index in [-0.39, 0.29) is 11.0 Å². The summed E-state index contributed by atoms with van der Waals surface area (Å²) in [5.41, 5.74) is 8.26. The van der Waals surface area contributed by atoms with Crippen LogP contribution in [0, 0.1) is 5.41 Å². The van der Waals surface area contributed by atoms with Gasteiger partial charge in [0.05, 0.1) is 18.2 Å². The summed E-state index contributed by atoms with van der Waals surface area (Å²) in [5.74, 6) is 0.654. The fourth-order valence-corrected chi connectivity index (χ4v) is 2.69. The highest BCUT2D eigenvalue weighted by Crippen LogP contribution is 2.61. The molecule has 0 saturated heterocycles. The first-order valence-corrected chi connectivity index (χ1v) is 6.21. The molecule has 1 aromatic carbocycles. The van der Waals surface area contributed by atoms with Crippen LogP contribution in [0.2, 0.25) is 0 Å². The lowest BCUT2D eigenvalue weighted by Gasteiger charge is -2.18. The summed E-state index contributed by atoms with van der Waals surface area (Å²) in [7, 11) is 1.65. The average molecular weight is 242 g/mol. The van der Waals surface area contributed by atoms with Crippen LogP contribution in [0.5, 0.6) is 5.88 Å². The van der Waals surface area contributed by atoms with Crippen LogP contribution in [0.1, 0.15) is 25.8 Å². The van der Waals surface area contributed by atoms with Gasteiger partial charge in [-0.25, -0.2) is 4.98 Å². The Morgan fingerprint density at radius 2 is 1.94 bits per heavy atom. The van der Waals surface area contributed by atoms with Crippen molar-refractivity contribution in [3.8, 4) is 5.88 Å². The minimum Gasteiger partial charge on any atom is -0.481 e. The number of ether oxygens (including phenoxy) is 1. The van der Waals surface area contributed by atoms with E-state index in [0.29, 0.717) is 5.88 Å². The molecule has 1 saturated carbocycles. The SMILES string of the molecule is COc1nc2ccccc2cc1C1(N)CC1(C)C. The van der Waals surface area contributed by atoms with Crippen molar-refractivity contribution >= 4 is 10.9 Å². The van der Waals surface area contributed by atoms with E-state index in [9.17, 15) is 0 Å². The topological polar surface area (TPSA) is 48.1 Å². The third kappa shape index (κ3) is 1.44. The normalized spacial score (nSPS) is 25.1. The van der Waals surface area contributed by atoms with E-state index in [2.05, 4.69) is 31.0 Å². The van der Waals surface area contributed by atoms with E-state index in [0.717, 1.165) is 22.9 Å². The Balaban J connectivity index is 2.23. The molecule has 0 aliphatic heterocycles. The molecule has 0 amide bonds. The van der Waals surface area contributed by atoms with Crippen LogP contribution in [-0.2, 0) is 5.54 Å². The summed E-state index contributed by atoms with van der Waals surface area (Å²) in [4.78, 5) is 4.56. The van der Waals surface area contributed by atoms with Crippen LogP contribution < -0.4 is 10.5 Å². The first-order chi connectivity index (χ1) is 8.48. The van der Waals surface area contributed by atoms with E-state index < -0.39 is 0 Å². The van der Waals surface area contributed by atoms with E-state index in [1.54, 1.807) is 7.11 Å². The summed E-state index contributed by atoms with van der Waals surface area (Å²) in [5, 5.41) is 1.11. The number of nitrogens with two attached hydrogens (primary N) is 1. The Morgan fingerprint density at radius 3 is 2.56 bits per heavy atom. The summed E-state index contributed by atoms with van der Waals surface area (Å²) < 4.78 is 5.42. The predicted octanol–water partition coefficient (Wildman–Crippen LogP) is 2.83. The van der Waals surface area contributed by atoms with Crippen molar-refractivity contribution in [2.75, 3.05) is 7.11 Å². The van der Waals surface area contributed by atoms with Crippen molar-refractivity contribution in [2.45, 2.75) is 25.8 Å². The zero-order valence-corrected chi connectivity index (χ0v) is 11.0. The number of benzene rings is 1. The number of nitrogens with zero attached hydrogens (tertiary/aromatic N) is 1. The second kappa shape index (κ2) is 3.45. The Kier molecular flexibility index (Phi) is 2.20. The van der Waals surface area contributed by atoms with Gasteiger partial charge < -0.3 is 10.5 Å². The molecule has 0 spiro atoms. The number of fused-ring (bicyclic) bond motifs is 1. The van der Waals surface area contributed by atoms with Crippen molar-refractivity contribution in [1.82, 2.24) is 4.98 Å². The Morgan fingerprint density at radius 1 is 1.28 bits per heavy atom. The molecular weight excluding hydrogens is 224 g/mol. The molecule has 3 heteroatoms. The van der Waals surface area contributed by atoms with Crippen LogP contribution >= 0.6 is 0 Å². The molecule has 1 unspecified atom stereocenters. The molecule has 0 radical (unpaired) electrons. The molecule has 2 N–H and O–H groups in total. The number of hydrogen-bond donors (Lipinski definition) is 1. The molecule has 94 valence electrons. The smallest absolute Gasteiger partial charge is 0.218 e. The first-order valence-electron chi connectivity index (χ1n) is 6.21. The third-order valence-electron chi connectivity index (χ3n) is 4.17. The lowest BCUT2D eigenvalue weighted by Crippen LogP contribution is -2.26. The fourth-order valence-electron chi connectivity index (χ4n) is 2.69. The highest BCUT2D eigenvalue weighted by atomic mass is 16.5. The van der Waals surface area contributed by atoms with Crippen LogP contribution in [-0.4, -0.2) is 12.1 Å². The highest BCUT2D eigenvalue weighted by Gasteiger charge is 2.60. The zero-order chi connectivity index (χ0) is 13.0. The minimum atomic E-state index is -0.310. The van der Waals surface area contributed by atoms with E-state index in [4.69, 9.17) is 10.5 Å². The van der Waals surface area contributed by atoms with Gasteiger partial charge in [0.1, 0.15) is 0 Å². The van der Waals surface area contributed by atoms with E-state index >= 15 is 0 Å². The van der Waals surface area contributed by atoms with Gasteiger partial charge in [-0.15, -0.1) is 0 Å². The molecule has 2 aromatic rings. The van der Waals surface area contributed by atoms with Crippen molar-refractivity contribution < 1.29 is 4.74 Å². The third-order valence-corrected chi connectivity index (χ3v) is 4.17. The quantitative estimate of drug-likeness (QED) is 0.881. The molecule has 1 atom stereocenters. The second-order valence-electron chi connectivity index (χ2n) is 5.77. The molecule has 0 bridgehead atoms. The molecule has 18 heavy (non-hydrogen) atoms. The number of hydrogen-bond acceptors (Lipinski definition) is 3. The van der Waals surface area contributed by atoms with Gasteiger partial charge in [0.15, 0.2) is 0 Å². The Labute approximate surface area is 107 Å². The highest BCUT2D eigenvalue weighted by molar-refractivity contribution is 5.80.